The minimum Gasteiger partial charge on any atom is -0.444 e. The number of alkyl carbamates (subject to hydrolysis) is 1. The Hall–Kier alpha value is -1.56. The number of rotatable bonds is 6. The molecule has 18 heavy (non-hydrogen) atoms. The predicted octanol–water partition coefficient (Wildman–Crippen LogP) is 1.84. The Kier molecular flexibility index (Phi) is 5.64. The molecule has 1 amide bonds. The molecule has 2 N–H and O–H groups in total. The molecule has 0 saturated carbocycles. The number of amides is 1. The van der Waals surface area contributed by atoms with Crippen LogP contribution in [0.1, 0.15) is 32.9 Å². The third kappa shape index (κ3) is 6.90. The number of ether oxygens (including phenoxy) is 2. The smallest absolute Gasteiger partial charge is 0.407 e. The van der Waals surface area contributed by atoms with E-state index in [2.05, 4.69) is 15.3 Å². The fourth-order valence-corrected chi connectivity index (χ4v) is 1.22. The fraction of sp³-hybridized carbons (Fsp3) is 0.667. The Morgan fingerprint density at radius 3 is 2.89 bits per heavy atom. The van der Waals surface area contributed by atoms with E-state index in [1.165, 1.54) is 0 Å². The Bertz CT molecular complexity index is 344. The molecule has 1 aromatic rings. The van der Waals surface area contributed by atoms with Crippen molar-refractivity contribution < 1.29 is 14.3 Å². The summed E-state index contributed by atoms with van der Waals surface area (Å²) in [6.07, 6.45) is 3.69. The summed E-state index contributed by atoms with van der Waals surface area (Å²) in [7, 11) is 0. The van der Waals surface area contributed by atoms with E-state index in [1.807, 2.05) is 20.8 Å². The monoisotopic (exact) mass is 255 g/mol. The number of carbonyl (C=O) groups is 1. The van der Waals surface area contributed by atoms with Crippen molar-refractivity contribution in [1.82, 2.24) is 15.3 Å². The molecule has 0 aliphatic carbocycles. The third-order valence-electron chi connectivity index (χ3n) is 1.95. The van der Waals surface area contributed by atoms with E-state index in [0.29, 0.717) is 19.8 Å². The van der Waals surface area contributed by atoms with Crippen LogP contribution in [0.3, 0.4) is 0 Å². The number of aromatic amines is 1. The first-order valence-electron chi connectivity index (χ1n) is 5.99. The summed E-state index contributed by atoms with van der Waals surface area (Å²) in [5.74, 6) is 0. The number of carbonyl (C=O) groups excluding carboxylic acids is 1. The maximum Gasteiger partial charge on any atom is 0.407 e. The van der Waals surface area contributed by atoms with Crippen molar-refractivity contribution in [2.75, 3.05) is 13.2 Å². The molecular formula is C12H21N3O3. The zero-order valence-electron chi connectivity index (χ0n) is 11.2. The molecule has 0 saturated heterocycles. The van der Waals surface area contributed by atoms with E-state index in [1.54, 1.807) is 12.5 Å². The summed E-state index contributed by atoms with van der Waals surface area (Å²) < 4.78 is 10.5. The Balaban J connectivity index is 1.97. The van der Waals surface area contributed by atoms with Crippen LogP contribution in [0.2, 0.25) is 0 Å². The Labute approximate surface area is 107 Å². The van der Waals surface area contributed by atoms with Gasteiger partial charge in [0.25, 0.3) is 0 Å². The van der Waals surface area contributed by atoms with Crippen LogP contribution in [0, 0.1) is 0 Å². The molecular weight excluding hydrogens is 234 g/mol. The first-order chi connectivity index (χ1) is 8.47. The molecule has 1 rings (SSSR count). The summed E-state index contributed by atoms with van der Waals surface area (Å²) >= 11 is 0. The van der Waals surface area contributed by atoms with Gasteiger partial charge < -0.3 is 19.8 Å². The van der Waals surface area contributed by atoms with Gasteiger partial charge in [-0.3, -0.25) is 0 Å². The standard InChI is InChI=1S/C12H21N3O3/c1-12(2,3)18-11(16)14-5-4-6-17-8-10-7-13-9-15-10/h7,9H,4-6,8H2,1-3H3,(H,13,15)(H,14,16). The van der Waals surface area contributed by atoms with Gasteiger partial charge in [0.15, 0.2) is 0 Å². The van der Waals surface area contributed by atoms with E-state index in [0.717, 1.165) is 12.1 Å². The molecule has 0 aliphatic rings. The van der Waals surface area contributed by atoms with Crippen LogP contribution >= 0.6 is 0 Å². The zero-order valence-corrected chi connectivity index (χ0v) is 11.2. The molecule has 102 valence electrons. The van der Waals surface area contributed by atoms with E-state index in [9.17, 15) is 4.79 Å². The van der Waals surface area contributed by atoms with E-state index in [-0.39, 0.29) is 0 Å². The lowest BCUT2D eigenvalue weighted by Crippen LogP contribution is -2.33. The fourth-order valence-electron chi connectivity index (χ4n) is 1.22. The van der Waals surface area contributed by atoms with Gasteiger partial charge in [0.05, 0.1) is 24.8 Å². The number of hydrogen-bond acceptors (Lipinski definition) is 4. The summed E-state index contributed by atoms with van der Waals surface area (Å²) in [5.41, 5.74) is 0.483. The molecule has 1 heterocycles. The quantitative estimate of drug-likeness (QED) is 0.760. The van der Waals surface area contributed by atoms with Crippen LogP contribution in [-0.2, 0) is 16.1 Å². The van der Waals surface area contributed by atoms with Gasteiger partial charge in [-0.05, 0) is 27.2 Å². The maximum absolute atomic E-state index is 11.3. The van der Waals surface area contributed by atoms with Gasteiger partial charge in [-0.2, -0.15) is 0 Å². The van der Waals surface area contributed by atoms with Gasteiger partial charge in [0.2, 0.25) is 0 Å². The summed E-state index contributed by atoms with van der Waals surface area (Å²) in [6, 6.07) is 0. The Morgan fingerprint density at radius 2 is 2.28 bits per heavy atom. The van der Waals surface area contributed by atoms with Gasteiger partial charge in [-0.25, -0.2) is 9.78 Å². The number of nitrogens with one attached hydrogen (secondary N) is 2. The molecule has 0 atom stereocenters. The second kappa shape index (κ2) is 7.00. The van der Waals surface area contributed by atoms with Crippen LogP contribution in [0.4, 0.5) is 4.79 Å². The van der Waals surface area contributed by atoms with Crippen LogP contribution in [0.5, 0.6) is 0 Å². The molecule has 0 fully saturated rings. The lowest BCUT2D eigenvalue weighted by Gasteiger charge is -2.19. The van der Waals surface area contributed by atoms with E-state index < -0.39 is 11.7 Å². The zero-order chi connectivity index (χ0) is 13.4. The molecule has 0 spiro atoms. The lowest BCUT2D eigenvalue weighted by molar-refractivity contribution is 0.0517. The van der Waals surface area contributed by atoms with Crippen LogP contribution in [0.25, 0.3) is 0 Å². The SMILES string of the molecule is CC(C)(C)OC(=O)NCCCOCc1cnc[nH]1. The minimum absolute atomic E-state index is 0.393. The van der Waals surface area contributed by atoms with Crippen molar-refractivity contribution in [3.8, 4) is 0 Å². The van der Waals surface area contributed by atoms with Crippen molar-refractivity contribution in [3.05, 3.63) is 18.2 Å². The molecule has 6 heteroatoms. The van der Waals surface area contributed by atoms with Gasteiger partial charge in [-0.1, -0.05) is 0 Å². The number of imidazole rings is 1. The van der Waals surface area contributed by atoms with Crippen molar-refractivity contribution in [1.29, 1.82) is 0 Å². The second-order valence-electron chi connectivity index (χ2n) is 4.91. The van der Waals surface area contributed by atoms with Gasteiger partial charge in [0.1, 0.15) is 5.60 Å². The average molecular weight is 255 g/mol. The van der Waals surface area contributed by atoms with E-state index >= 15 is 0 Å². The topological polar surface area (TPSA) is 76.2 Å². The lowest BCUT2D eigenvalue weighted by atomic mass is 10.2. The molecule has 0 unspecified atom stereocenters. The minimum atomic E-state index is -0.457. The van der Waals surface area contributed by atoms with Gasteiger partial charge >= 0.3 is 6.09 Å². The highest BCUT2D eigenvalue weighted by molar-refractivity contribution is 5.67. The Morgan fingerprint density at radius 1 is 1.50 bits per heavy atom. The number of hydrogen-bond donors (Lipinski definition) is 2. The van der Waals surface area contributed by atoms with E-state index in [4.69, 9.17) is 9.47 Å². The second-order valence-corrected chi connectivity index (χ2v) is 4.91. The molecule has 0 bridgehead atoms. The predicted molar refractivity (Wildman–Crippen MR) is 67.1 cm³/mol. The van der Waals surface area contributed by atoms with Crippen molar-refractivity contribution in [3.63, 3.8) is 0 Å². The molecule has 0 aliphatic heterocycles. The van der Waals surface area contributed by atoms with Gasteiger partial charge in [-0.15, -0.1) is 0 Å². The van der Waals surface area contributed by atoms with Crippen LogP contribution < -0.4 is 5.32 Å². The van der Waals surface area contributed by atoms with Crippen molar-refractivity contribution >= 4 is 6.09 Å². The van der Waals surface area contributed by atoms with Gasteiger partial charge in [0, 0.05) is 13.2 Å². The van der Waals surface area contributed by atoms with Crippen molar-refractivity contribution in [2.45, 2.75) is 39.4 Å². The van der Waals surface area contributed by atoms with Crippen LogP contribution in [0.15, 0.2) is 12.5 Å². The highest BCUT2D eigenvalue weighted by Gasteiger charge is 2.15. The number of H-pyrrole nitrogens is 1. The highest BCUT2D eigenvalue weighted by Crippen LogP contribution is 2.06. The molecule has 1 aromatic heterocycles. The van der Waals surface area contributed by atoms with Crippen LogP contribution in [-0.4, -0.2) is 34.8 Å². The highest BCUT2D eigenvalue weighted by atomic mass is 16.6. The summed E-state index contributed by atoms with van der Waals surface area (Å²) in [5, 5.41) is 2.67. The largest absolute Gasteiger partial charge is 0.444 e. The average Bonchev–Trinajstić information content (AvgIpc) is 2.73. The summed E-state index contributed by atoms with van der Waals surface area (Å²) in [4.78, 5) is 18.1. The molecule has 0 aromatic carbocycles. The number of aromatic nitrogens is 2. The summed E-state index contributed by atoms with van der Waals surface area (Å²) in [6.45, 7) is 7.12. The maximum atomic E-state index is 11.3. The first kappa shape index (κ1) is 14.5. The molecule has 6 nitrogen and oxygen atoms in total. The normalized spacial score (nSPS) is 11.3. The molecule has 0 radical (unpaired) electrons. The van der Waals surface area contributed by atoms with Crippen molar-refractivity contribution in [2.24, 2.45) is 0 Å². The first-order valence-corrected chi connectivity index (χ1v) is 5.99. The third-order valence-corrected chi connectivity index (χ3v) is 1.95. The number of nitrogens with zero attached hydrogens (tertiary/aromatic N) is 1.